The minimum atomic E-state index is -0.742. The Kier molecular flexibility index (Phi) is 9.81. The van der Waals surface area contributed by atoms with E-state index in [0.29, 0.717) is 18.4 Å². The van der Waals surface area contributed by atoms with Crippen LogP contribution in [0.4, 0.5) is 5.69 Å². The van der Waals surface area contributed by atoms with Gasteiger partial charge in [-0.05, 0) is 132 Å². The smallest absolute Gasteiger partial charge is 0.303 e. The summed E-state index contributed by atoms with van der Waals surface area (Å²) in [5.41, 5.74) is 5.49. The summed E-state index contributed by atoms with van der Waals surface area (Å²) < 4.78 is 7.45. The van der Waals surface area contributed by atoms with Gasteiger partial charge in [-0.1, -0.05) is 24.3 Å². The summed E-state index contributed by atoms with van der Waals surface area (Å²) in [7, 11) is 1.72. The van der Waals surface area contributed by atoms with Crippen molar-refractivity contribution in [3.63, 3.8) is 0 Å². The molecule has 0 bridgehead atoms. The second kappa shape index (κ2) is 13.6. The Hall–Kier alpha value is -3.61. The van der Waals surface area contributed by atoms with E-state index in [0.717, 1.165) is 73.9 Å². The second-order valence-corrected chi connectivity index (χ2v) is 14.1. The number of carboxylic acids is 1. The monoisotopic (exact) mass is 599 g/mol. The Morgan fingerprint density at radius 1 is 0.955 bits per heavy atom. The number of carboxylic acid groups (broad SMARTS) is 1. The second-order valence-electron chi connectivity index (χ2n) is 14.1. The van der Waals surface area contributed by atoms with E-state index in [1.807, 2.05) is 16.9 Å². The van der Waals surface area contributed by atoms with Crippen LogP contribution in [0.25, 0.3) is 11.1 Å². The zero-order valence-corrected chi connectivity index (χ0v) is 27.1. The number of ether oxygens (including phenoxy) is 1. The molecular weight excluding hydrogens is 550 g/mol. The van der Waals surface area contributed by atoms with E-state index in [4.69, 9.17) is 4.74 Å². The van der Waals surface area contributed by atoms with Crippen LogP contribution >= 0.6 is 0 Å². The largest absolute Gasteiger partial charge is 0.496 e. The molecule has 2 fully saturated rings. The number of aliphatic carboxylic acids is 1. The van der Waals surface area contributed by atoms with Crippen molar-refractivity contribution in [2.75, 3.05) is 18.6 Å². The van der Waals surface area contributed by atoms with Crippen molar-refractivity contribution in [3.8, 4) is 16.9 Å². The lowest BCUT2D eigenvalue weighted by molar-refractivity contribution is -0.138. The maximum absolute atomic E-state index is 14.2. The minimum Gasteiger partial charge on any atom is -0.496 e. The number of anilines is 1. The van der Waals surface area contributed by atoms with E-state index in [-0.39, 0.29) is 29.7 Å². The number of aromatic nitrogens is 2. The molecule has 0 atom stereocenters. The van der Waals surface area contributed by atoms with E-state index >= 15 is 0 Å². The molecular formula is C37H49N3O4. The highest BCUT2D eigenvalue weighted by molar-refractivity contribution is 5.95. The molecule has 0 saturated heterocycles. The normalized spacial score (nSPS) is 22.4. The molecule has 3 aromatic rings. The van der Waals surface area contributed by atoms with Crippen LogP contribution in [0.15, 0.2) is 54.9 Å². The summed E-state index contributed by atoms with van der Waals surface area (Å²) >= 11 is 0. The number of rotatable bonds is 9. The van der Waals surface area contributed by atoms with Crippen molar-refractivity contribution in [1.82, 2.24) is 9.78 Å². The number of nitrogens with zero attached hydrogens (tertiary/aromatic N) is 3. The Labute approximate surface area is 262 Å². The number of amides is 1. The van der Waals surface area contributed by atoms with Gasteiger partial charge in [-0.3, -0.25) is 14.3 Å². The molecule has 0 radical (unpaired) electrons. The van der Waals surface area contributed by atoms with E-state index in [1.54, 1.807) is 7.11 Å². The van der Waals surface area contributed by atoms with Crippen LogP contribution in [-0.4, -0.2) is 40.4 Å². The fraction of sp³-hybridized carbons (Fsp3) is 0.541. The molecule has 0 aliphatic heterocycles. The molecule has 2 saturated carbocycles. The van der Waals surface area contributed by atoms with Gasteiger partial charge in [0.05, 0.1) is 18.8 Å². The average molecular weight is 600 g/mol. The minimum absolute atomic E-state index is 0.0639. The molecule has 1 amide bonds. The van der Waals surface area contributed by atoms with Gasteiger partial charge in [0.25, 0.3) is 0 Å². The van der Waals surface area contributed by atoms with Crippen LogP contribution in [0.2, 0.25) is 0 Å². The zero-order valence-electron chi connectivity index (χ0n) is 27.1. The average Bonchev–Trinajstić information content (AvgIpc) is 3.52. The molecule has 5 rings (SSSR count). The van der Waals surface area contributed by atoms with Gasteiger partial charge in [0.1, 0.15) is 5.75 Å². The van der Waals surface area contributed by atoms with Crippen molar-refractivity contribution < 1.29 is 19.4 Å². The number of methoxy groups -OCH3 is 1. The third-order valence-corrected chi connectivity index (χ3v) is 9.86. The van der Waals surface area contributed by atoms with Gasteiger partial charge in [-0.15, -0.1) is 0 Å². The van der Waals surface area contributed by atoms with Crippen LogP contribution in [-0.2, 0) is 15.1 Å². The lowest BCUT2D eigenvalue weighted by atomic mass is 9.77. The van der Waals surface area contributed by atoms with Crippen molar-refractivity contribution in [3.05, 3.63) is 66.0 Å². The van der Waals surface area contributed by atoms with Crippen molar-refractivity contribution in [1.29, 1.82) is 0 Å². The molecule has 44 heavy (non-hydrogen) atoms. The van der Waals surface area contributed by atoms with Gasteiger partial charge in [0, 0.05) is 36.3 Å². The first-order valence-corrected chi connectivity index (χ1v) is 16.3. The maximum Gasteiger partial charge on any atom is 0.303 e. The van der Waals surface area contributed by atoms with Gasteiger partial charge >= 0.3 is 5.97 Å². The lowest BCUT2D eigenvalue weighted by Crippen LogP contribution is -2.41. The standard InChI is InChI=1S/C37H49N3O4/c1-25-19-31(17-18-34(25)44-5)28-13-11-27(12-14-28)23-39(36(43)29-15-9-26(10-16-29)20-35(41)42)33-8-6-7-30(21-33)32-22-38-40(24-32)37(2,3)4/h6-8,17-19,21-22,24,26-29H,9-16,20,23H2,1-5H3,(H,41,42). The van der Waals surface area contributed by atoms with E-state index in [9.17, 15) is 14.7 Å². The predicted molar refractivity (Wildman–Crippen MR) is 175 cm³/mol. The van der Waals surface area contributed by atoms with Gasteiger partial charge in [-0.2, -0.15) is 5.10 Å². The highest BCUT2D eigenvalue weighted by atomic mass is 16.5. The van der Waals surface area contributed by atoms with Gasteiger partial charge in [0.15, 0.2) is 0 Å². The first-order valence-electron chi connectivity index (χ1n) is 16.3. The number of hydrogen-bond donors (Lipinski definition) is 1. The number of carbonyl (C=O) groups excluding carboxylic acids is 1. The van der Waals surface area contributed by atoms with Crippen molar-refractivity contribution >= 4 is 17.6 Å². The Bertz CT molecular complexity index is 1440. The van der Waals surface area contributed by atoms with Crippen molar-refractivity contribution in [2.24, 2.45) is 17.8 Å². The first kappa shape index (κ1) is 31.8. The Morgan fingerprint density at radius 3 is 2.27 bits per heavy atom. The molecule has 2 aliphatic carbocycles. The zero-order chi connectivity index (χ0) is 31.4. The molecule has 1 N–H and O–H groups in total. The Morgan fingerprint density at radius 2 is 1.66 bits per heavy atom. The summed E-state index contributed by atoms with van der Waals surface area (Å²) in [6.07, 6.45) is 11.7. The highest BCUT2D eigenvalue weighted by Crippen LogP contribution is 2.39. The van der Waals surface area contributed by atoms with Crippen LogP contribution in [0.5, 0.6) is 5.75 Å². The molecule has 7 heteroatoms. The summed E-state index contributed by atoms with van der Waals surface area (Å²) in [6.45, 7) is 9.23. The number of aryl methyl sites for hydroxylation is 1. The SMILES string of the molecule is COc1ccc(C2CCC(CN(C(=O)C3CCC(CC(=O)O)CC3)c3cccc(-c4cnn(C(C)(C)C)c4)c3)CC2)cc1C. The van der Waals surface area contributed by atoms with Gasteiger partial charge in [0.2, 0.25) is 5.91 Å². The van der Waals surface area contributed by atoms with E-state index in [2.05, 4.69) is 80.3 Å². The fourth-order valence-corrected chi connectivity index (χ4v) is 7.19. The Balaban J connectivity index is 1.34. The summed E-state index contributed by atoms with van der Waals surface area (Å²) in [6, 6.07) is 14.9. The molecule has 1 heterocycles. The maximum atomic E-state index is 14.2. The number of benzene rings is 2. The van der Waals surface area contributed by atoms with Crippen LogP contribution in [0.3, 0.4) is 0 Å². The van der Waals surface area contributed by atoms with Crippen LogP contribution < -0.4 is 9.64 Å². The predicted octanol–water partition coefficient (Wildman–Crippen LogP) is 8.21. The van der Waals surface area contributed by atoms with E-state index in [1.165, 1.54) is 11.1 Å². The first-order chi connectivity index (χ1) is 21.0. The van der Waals surface area contributed by atoms with Crippen molar-refractivity contribution in [2.45, 2.75) is 96.9 Å². The molecule has 0 spiro atoms. The highest BCUT2D eigenvalue weighted by Gasteiger charge is 2.33. The van der Waals surface area contributed by atoms with Crippen LogP contribution in [0, 0.1) is 24.7 Å². The topological polar surface area (TPSA) is 84.7 Å². The molecule has 0 unspecified atom stereocenters. The van der Waals surface area contributed by atoms with Gasteiger partial charge in [-0.25, -0.2) is 0 Å². The summed E-state index contributed by atoms with van der Waals surface area (Å²) in [5, 5.41) is 13.9. The van der Waals surface area contributed by atoms with Crippen LogP contribution in [0.1, 0.15) is 95.6 Å². The number of hydrogen-bond acceptors (Lipinski definition) is 4. The summed E-state index contributed by atoms with van der Waals surface area (Å²) in [4.78, 5) is 27.6. The molecule has 1 aromatic heterocycles. The summed E-state index contributed by atoms with van der Waals surface area (Å²) in [5.74, 6) is 1.46. The molecule has 2 aliphatic rings. The fourth-order valence-electron chi connectivity index (χ4n) is 7.19. The third kappa shape index (κ3) is 7.54. The lowest BCUT2D eigenvalue weighted by Gasteiger charge is -2.36. The molecule has 236 valence electrons. The number of carbonyl (C=O) groups is 2. The van der Waals surface area contributed by atoms with Gasteiger partial charge < -0.3 is 14.7 Å². The quantitative estimate of drug-likeness (QED) is 0.268. The molecule has 2 aromatic carbocycles. The third-order valence-electron chi connectivity index (χ3n) is 9.86. The van der Waals surface area contributed by atoms with E-state index < -0.39 is 5.97 Å². The molecule has 7 nitrogen and oxygen atoms in total.